The molecule has 0 radical (unpaired) electrons. The van der Waals surface area contributed by atoms with Crippen LogP contribution in [0.3, 0.4) is 0 Å². The first-order chi connectivity index (χ1) is 12.7. The summed E-state index contributed by atoms with van der Waals surface area (Å²) in [5.41, 5.74) is 11.7. The zero-order valence-corrected chi connectivity index (χ0v) is 15.3. The summed E-state index contributed by atoms with van der Waals surface area (Å²) in [6, 6.07) is 11.1. The van der Waals surface area contributed by atoms with Gasteiger partial charge in [0, 0.05) is 13.3 Å². The Labute approximate surface area is 154 Å². The van der Waals surface area contributed by atoms with E-state index >= 15 is 0 Å². The lowest BCUT2D eigenvalue weighted by atomic mass is 10.2. The molecule has 0 spiro atoms. The third kappa shape index (κ3) is 7.31. The van der Waals surface area contributed by atoms with Crippen LogP contribution in [0.4, 0.5) is 0 Å². The first-order valence-electron chi connectivity index (χ1n) is 8.35. The number of aliphatic imine (C=N–C) groups is 1. The lowest BCUT2D eigenvalue weighted by Gasteiger charge is -2.08. The van der Waals surface area contributed by atoms with Gasteiger partial charge in [-0.25, -0.2) is 4.98 Å². The van der Waals surface area contributed by atoms with Crippen LogP contribution in [0.25, 0.3) is 0 Å². The zero-order valence-electron chi connectivity index (χ0n) is 15.3. The number of pyridine rings is 1. The fraction of sp³-hybridized carbons (Fsp3) is 0.316. The zero-order chi connectivity index (χ0) is 19.2. The smallest absolute Gasteiger partial charge is 0.144 e. The van der Waals surface area contributed by atoms with Gasteiger partial charge in [0.2, 0.25) is 0 Å². The van der Waals surface area contributed by atoms with Gasteiger partial charge in [-0.3, -0.25) is 4.99 Å². The minimum Gasteiger partial charge on any atom is -0.494 e. The van der Waals surface area contributed by atoms with Gasteiger partial charge in [0.15, 0.2) is 0 Å². The van der Waals surface area contributed by atoms with Crippen LogP contribution >= 0.6 is 0 Å². The third-order valence-corrected chi connectivity index (χ3v) is 3.36. The molecule has 7 heteroatoms. The molecule has 1 aromatic heterocycles. The summed E-state index contributed by atoms with van der Waals surface area (Å²) >= 11 is 0. The summed E-state index contributed by atoms with van der Waals surface area (Å²) in [7, 11) is 3.13. The summed E-state index contributed by atoms with van der Waals surface area (Å²) in [4.78, 5) is 8.08. The van der Waals surface area contributed by atoms with E-state index in [0.29, 0.717) is 30.5 Å². The quantitative estimate of drug-likeness (QED) is 0.361. The number of rotatable bonds is 9. The minimum absolute atomic E-state index is 0.410. The molecule has 0 saturated carbocycles. The first-order valence-corrected chi connectivity index (χ1v) is 8.35. The molecule has 0 aliphatic carbocycles. The van der Waals surface area contributed by atoms with E-state index in [1.165, 1.54) is 13.3 Å². The maximum atomic E-state index is 7.15. The summed E-state index contributed by atoms with van der Waals surface area (Å²) < 4.78 is 11.3. The second kappa shape index (κ2) is 12.4. The number of amidine groups is 1. The van der Waals surface area contributed by atoms with Crippen LogP contribution in [0, 0.1) is 5.41 Å². The third-order valence-electron chi connectivity index (χ3n) is 3.36. The van der Waals surface area contributed by atoms with Crippen molar-refractivity contribution in [2.45, 2.75) is 12.8 Å². The molecular weight excluding hydrogens is 330 g/mol. The maximum absolute atomic E-state index is 7.15. The summed E-state index contributed by atoms with van der Waals surface area (Å²) in [5, 5.41) is 7.15. The number of hydrogen-bond donors (Lipinski definition) is 3. The topological polar surface area (TPSA) is 120 Å². The largest absolute Gasteiger partial charge is 0.494 e. The molecule has 0 aliphatic rings. The summed E-state index contributed by atoms with van der Waals surface area (Å²) in [6.07, 6.45) is 4.74. The monoisotopic (exact) mass is 357 g/mol. The standard InChI is InChI=1S/C18H22N4O2.CH5N/c1-21-18(20)17-9-8-16(13-22-17)24-11-3-2-10-23-15-6-4-14(12-19)5-7-15;1-2/h4-9,12-13,19H,2-3,10-11H2,1H3,(H2,20,21);2H2,1H3. The van der Waals surface area contributed by atoms with Crippen molar-refractivity contribution in [3.8, 4) is 11.5 Å². The van der Waals surface area contributed by atoms with Crippen molar-refractivity contribution in [3.63, 3.8) is 0 Å². The second-order valence-electron chi connectivity index (χ2n) is 5.11. The minimum atomic E-state index is 0.410. The number of benzene rings is 1. The number of nitrogens with two attached hydrogens (primary N) is 2. The van der Waals surface area contributed by atoms with Crippen LogP contribution in [0.1, 0.15) is 24.1 Å². The normalized spacial score (nSPS) is 10.5. The van der Waals surface area contributed by atoms with Crippen LogP contribution in [-0.4, -0.2) is 44.3 Å². The van der Waals surface area contributed by atoms with Gasteiger partial charge in [-0.15, -0.1) is 0 Å². The Morgan fingerprint density at radius 3 is 2.12 bits per heavy atom. The molecule has 26 heavy (non-hydrogen) atoms. The Bertz CT molecular complexity index is 669. The molecule has 0 fully saturated rings. The highest BCUT2D eigenvalue weighted by molar-refractivity contribution is 5.95. The van der Waals surface area contributed by atoms with Crippen molar-refractivity contribution in [2.75, 3.05) is 27.3 Å². The Balaban J connectivity index is 0.00000163. The van der Waals surface area contributed by atoms with Crippen molar-refractivity contribution < 1.29 is 9.47 Å². The molecule has 1 aromatic carbocycles. The van der Waals surface area contributed by atoms with E-state index in [2.05, 4.69) is 15.7 Å². The van der Waals surface area contributed by atoms with E-state index in [4.69, 9.17) is 20.6 Å². The van der Waals surface area contributed by atoms with E-state index in [1.807, 2.05) is 30.3 Å². The number of nitrogens with zero attached hydrogens (tertiary/aromatic N) is 2. The number of aromatic nitrogens is 1. The van der Waals surface area contributed by atoms with E-state index in [0.717, 1.165) is 24.2 Å². The average Bonchev–Trinajstić information content (AvgIpc) is 2.72. The van der Waals surface area contributed by atoms with E-state index < -0.39 is 0 Å². The Kier molecular flexibility index (Phi) is 10.1. The Hall–Kier alpha value is -2.93. The number of hydrogen-bond acceptors (Lipinski definition) is 6. The van der Waals surface area contributed by atoms with E-state index in [9.17, 15) is 0 Å². The summed E-state index contributed by atoms with van der Waals surface area (Å²) in [6.45, 7) is 1.24. The SMILES string of the molecule is CN.CN=C(N)c1ccc(OCCCCOc2ccc(C=N)cc2)cn1. The highest BCUT2D eigenvalue weighted by atomic mass is 16.5. The summed E-state index contributed by atoms with van der Waals surface area (Å²) in [5.74, 6) is 1.94. The van der Waals surface area contributed by atoms with Crippen LogP contribution < -0.4 is 20.9 Å². The molecule has 5 N–H and O–H groups in total. The van der Waals surface area contributed by atoms with Crippen LogP contribution in [0.5, 0.6) is 11.5 Å². The second-order valence-corrected chi connectivity index (χ2v) is 5.11. The number of ether oxygens (including phenoxy) is 2. The van der Waals surface area contributed by atoms with Crippen molar-refractivity contribution in [2.24, 2.45) is 16.5 Å². The fourth-order valence-electron chi connectivity index (χ4n) is 1.98. The van der Waals surface area contributed by atoms with Crippen molar-refractivity contribution in [1.82, 2.24) is 4.98 Å². The number of nitrogens with one attached hydrogen (secondary N) is 1. The Morgan fingerprint density at radius 2 is 1.62 bits per heavy atom. The highest BCUT2D eigenvalue weighted by Crippen LogP contribution is 2.12. The van der Waals surface area contributed by atoms with Gasteiger partial charge in [-0.1, -0.05) is 0 Å². The average molecular weight is 357 g/mol. The number of unbranched alkanes of at least 4 members (excludes halogenated alkanes) is 1. The fourth-order valence-corrected chi connectivity index (χ4v) is 1.98. The van der Waals surface area contributed by atoms with Gasteiger partial charge in [0.25, 0.3) is 0 Å². The van der Waals surface area contributed by atoms with Gasteiger partial charge in [0.05, 0.1) is 19.4 Å². The molecule has 1 heterocycles. The maximum Gasteiger partial charge on any atom is 0.144 e. The van der Waals surface area contributed by atoms with Crippen molar-refractivity contribution in [1.29, 1.82) is 5.41 Å². The molecular formula is C19H27N5O2. The molecule has 0 amide bonds. The van der Waals surface area contributed by atoms with Crippen LogP contribution in [0.2, 0.25) is 0 Å². The predicted octanol–water partition coefficient (Wildman–Crippen LogP) is 2.23. The molecule has 0 bridgehead atoms. The molecule has 2 aromatic rings. The molecule has 7 nitrogen and oxygen atoms in total. The lowest BCUT2D eigenvalue weighted by Crippen LogP contribution is -2.14. The van der Waals surface area contributed by atoms with Gasteiger partial charge in [-0.2, -0.15) is 0 Å². The molecule has 140 valence electrons. The van der Waals surface area contributed by atoms with Crippen LogP contribution in [-0.2, 0) is 0 Å². The van der Waals surface area contributed by atoms with E-state index in [1.54, 1.807) is 19.3 Å². The van der Waals surface area contributed by atoms with Gasteiger partial charge in [0.1, 0.15) is 23.0 Å². The molecule has 0 aliphatic heterocycles. The van der Waals surface area contributed by atoms with Crippen molar-refractivity contribution in [3.05, 3.63) is 53.9 Å². The highest BCUT2D eigenvalue weighted by Gasteiger charge is 2.00. The molecule has 0 atom stereocenters. The molecule has 0 unspecified atom stereocenters. The van der Waals surface area contributed by atoms with Crippen LogP contribution in [0.15, 0.2) is 47.6 Å². The van der Waals surface area contributed by atoms with Gasteiger partial charge in [-0.05, 0) is 61.9 Å². The Morgan fingerprint density at radius 1 is 1.04 bits per heavy atom. The molecule has 0 saturated heterocycles. The van der Waals surface area contributed by atoms with Gasteiger partial charge < -0.3 is 26.4 Å². The first kappa shape index (κ1) is 21.1. The predicted molar refractivity (Wildman–Crippen MR) is 106 cm³/mol. The molecule has 2 rings (SSSR count). The lowest BCUT2D eigenvalue weighted by molar-refractivity contribution is 0.266. The van der Waals surface area contributed by atoms with Crippen molar-refractivity contribution >= 4 is 12.1 Å². The van der Waals surface area contributed by atoms with Gasteiger partial charge >= 0.3 is 0 Å². The van der Waals surface area contributed by atoms with E-state index in [-0.39, 0.29) is 0 Å².